The van der Waals surface area contributed by atoms with Gasteiger partial charge in [-0.25, -0.2) is 0 Å². The van der Waals surface area contributed by atoms with Crippen LogP contribution in [0, 0.1) is 0 Å². The summed E-state index contributed by atoms with van der Waals surface area (Å²) in [5.41, 5.74) is 3.40. The first-order chi connectivity index (χ1) is 17.3. The van der Waals surface area contributed by atoms with Crippen molar-refractivity contribution < 1.29 is 16.4 Å². The van der Waals surface area contributed by atoms with Crippen LogP contribution in [0.15, 0.2) is 103 Å². The van der Waals surface area contributed by atoms with Gasteiger partial charge >= 0.3 is 0 Å². The summed E-state index contributed by atoms with van der Waals surface area (Å²) in [6.07, 6.45) is 4.99. The first-order valence-electron chi connectivity index (χ1n) is 12.6. The van der Waals surface area contributed by atoms with Crippen LogP contribution in [-0.2, 0) is 24.2 Å². The number of carbonyl (C=O) groups excluding carboxylic acids is 1. The van der Waals surface area contributed by atoms with Crippen molar-refractivity contribution in [3.8, 4) is 16.9 Å². The average Bonchev–Trinajstić information content (AvgIpc) is 2.90. The van der Waals surface area contributed by atoms with Gasteiger partial charge in [0, 0.05) is 30.8 Å². The van der Waals surface area contributed by atoms with Crippen molar-refractivity contribution in [3.05, 3.63) is 120 Å². The number of benzene rings is 3. The minimum atomic E-state index is -0.428. The van der Waals surface area contributed by atoms with Gasteiger partial charge < -0.3 is 4.74 Å². The van der Waals surface area contributed by atoms with E-state index in [9.17, 15) is 4.79 Å². The van der Waals surface area contributed by atoms with E-state index in [1.54, 1.807) is 36.7 Å². The maximum atomic E-state index is 12.4. The van der Waals surface area contributed by atoms with Gasteiger partial charge in [-0.05, 0) is 40.8 Å². The lowest BCUT2D eigenvalue weighted by Gasteiger charge is -2.12. The molecule has 0 amide bonds. The fraction of sp³-hybridized carbons (Fsp3) is 0.143. The Kier molecular flexibility index (Phi) is 5.05. The van der Waals surface area contributed by atoms with Crippen molar-refractivity contribution in [2.45, 2.75) is 25.9 Å². The molecule has 0 aliphatic heterocycles. The fourth-order valence-corrected chi connectivity index (χ4v) is 3.24. The molecule has 0 spiro atoms. The standard InChI is InChI=1S/C28H25NO2/c30-26(17-16-23-7-6-18-29-20-23)19-22-12-14-24(15-13-22)21-31-28-11-5-4-10-27(28)25-8-2-1-3-9-25/h1-15,18,20H,16-17,19,21H2/i1D,2D,3D,8D,9D. The molecular weight excluding hydrogens is 382 g/mol. The highest BCUT2D eigenvalue weighted by Crippen LogP contribution is 2.30. The number of nitrogens with zero attached hydrogens (tertiary/aromatic N) is 1. The smallest absolute Gasteiger partial charge is 0.137 e. The van der Waals surface area contributed by atoms with Crippen molar-refractivity contribution in [1.82, 2.24) is 4.98 Å². The lowest BCUT2D eigenvalue weighted by Crippen LogP contribution is -2.05. The molecule has 154 valence electrons. The first-order valence-corrected chi connectivity index (χ1v) is 10.1. The van der Waals surface area contributed by atoms with Crippen LogP contribution in [0.1, 0.15) is 30.0 Å². The van der Waals surface area contributed by atoms with Gasteiger partial charge in [0.15, 0.2) is 0 Å². The molecule has 0 fully saturated rings. The second-order valence-electron chi connectivity index (χ2n) is 7.18. The monoisotopic (exact) mass is 412 g/mol. The van der Waals surface area contributed by atoms with E-state index in [2.05, 4.69) is 4.98 Å². The highest BCUT2D eigenvalue weighted by Gasteiger charge is 2.07. The van der Waals surface area contributed by atoms with Crippen LogP contribution in [0.5, 0.6) is 5.75 Å². The summed E-state index contributed by atoms with van der Waals surface area (Å²) in [5, 5.41) is 0. The molecule has 1 heterocycles. The summed E-state index contributed by atoms with van der Waals surface area (Å²) in [5.74, 6) is 0.584. The van der Waals surface area contributed by atoms with Gasteiger partial charge in [0.05, 0.1) is 6.85 Å². The molecule has 31 heavy (non-hydrogen) atoms. The summed E-state index contributed by atoms with van der Waals surface area (Å²) in [6.45, 7) is 0.227. The van der Waals surface area contributed by atoms with Gasteiger partial charge in [-0.2, -0.15) is 0 Å². The Bertz CT molecular complexity index is 1350. The quantitative estimate of drug-likeness (QED) is 0.335. The van der Waals surface area contributed by atoms with Crippen molar-refractivity contribution in [1.29, 1.82) is 0 Å². The van der Waals surface area contributed by atoms with Crippen LogP contribution < -0.4 is 4.74 Å². The van der Waals surface area contributed by atoms with E-state index >= 15 is 0 Å². The Morgan fingerprint density at radius 2 is 1.65 bits per heavy atom. The van der Waals surface area contributed by atoms with Gasteiger partial charge in [0.2, 0.25) is 0 Å². The third-order valence-corrected chi connectivity index (χ3v) is 4.89. The summed E-state index contributed by atoms with van der Waals surface area (Å²) < 4.78 is 46.3. The van der Waals surface area contributed by atoms with E-state index in [1.165, 1.54) is 0 Å². The average molecular weight is 413 g/mol. The molecule has 0 radical (unpaired) electrons. The number of aromatic nitrogens is 1. The number of ketones is 1. The molecule has 0 unspecified atom stereocenters. The molecule has 3 heteroatoms. The molecule has 0 atom stereocenters. The van der Waals surface area contributed by atoms with E-state index in [0.717, 1.165) is 16.7 Å². The Morgan fingerprint density at radius 1 is 0.871 bits per heavy atom. The summed E-state index contributed by atoms with van der Waals surface area (Å²) in [7, 11) is 0. The Hall–Kier alpha value is -3.72. The lowest BCUT2D eigenvalue weighted by molar-refractivity contribution is -0.118. The number of ether oxygens (including phenoxy) is 1. The zero-order valence-electron chi connectivity index (χ0n) is 22.0. The summed E-state index contributed by atoms with van der Waals surface area (Å²) >= 11 is 0. The third kappa shape index (κ3) is 5.89. The van der Waals surface area contributed by atoms with E-state index in [1.807, 2.05) is 36.4 Å². The first kappa shape index (κ1) is 15.1. The van der Waals surface area contributed by atoms with Crippen LogP contribution >= 0.6 is 0 Å². The normalized spacial score (nSPS) is 12.8. The number of rotatable bonds is 9. The molecule has 4 aromatic rings. The van der Waals surface area contributed by atoms with Crippen molar-refractivity contribution in [3.63, 3.8) is 0 Å². The van der Waals surface area contributed by atoms with Gasteiger partial charge in [-0.1, -0.05) is 78.7 Å². The largest absolute Gasteiger partial charge is 0.488 e. The topological polar surface area (TPSA) is 39.2 Å². The molecule has 4 rings (SSSR count). The molecule has 0 saturated carbocycles. The van der Waals surface area contributed by atoms with E-state index in [4.69, 9.17) is 11.6 Å². The van der Waals surface area contributed by atoms with Gasteiger partial charge in [0.1, 0.15) is 18.1 Å². The predicted molar refractivity (Wildman–Crippen MR) is 124 cm³/mol. The number of aryl methyl sites for hydroxylation is 1. The number of hydrogen-bond acceptors (Lipinski definition) is 3. The van der Waals surface area contributed by atoms with E-state index in [0.29, 0.717) is 30.6 Å². The van der Waals surface area contributed by atoms with Gasteiger partial charge in [-0.3, -0.25) is 9.78 Å². The zero-order valence-corrected chi connectivity index (χ0v) is 17.0. The molecule has 0 aliphatic rings. The van der Waals surface area contributed by atoms with Crippen molar-refractivity contribution >= 4 is 5.78 Å². The predicted octanol–water partition coefficient (Wildman–Crippen LogP) is 6.07. The molecule has 0 saturated heterocycles. The van der Waals surface area contributed by atoms with Crippen LogP contribution in [0.4, 0.5) is 0 Å². The summed E-state index contributed by atoms with van der Waals surface area (Å²) in [6, 6.07) is 16.6. The van der Waals surface area contributed by atoms with E-state index in [-0.39, 0.29) is 42.1 Å². The Balaban J connectivity index is 1.42. The zero-order chi connectivity index (χ0) is 25.7. The van der Waals surface area contributed by atoms with Gasteiger partial charge in [-0.15, -0.1) is 0 Å². The highest BCUT2D eigenvalue weighted by molar-refractivity contribution is 5.81. The molecule has 0 bridgehead atoms. The molecule has 0 aliphatic carbocycles. The maximum absolute atomic E-state index is 12.4. The van der Waals surface area contributed by atoms with Crippen LogP contribution in [-0.4, -0.2) is 10.8 Å². The fourth-order valence-electron chi connectivity index (χ4n) is 3.24. The highest BCUT2D eigenvalue weighted by atomic mass is 16.5. The Morgan fingerprint density at radius 3 is 2.42 bits per heavy atom. The molecular formula is C28H25NO2. The Labute approximate surface area is 190 Å². The molecule has 3 aromatic carbocycles. The number of carbonyl (C=O) groups is 1. The molecule has 0 N–H and O–H groups in total. The minimum Gasteiger partial charge on any atom is -0.488 e. The SMILES string of the molecule is [2H]c1c([2H])c([2H])c(-c2ccccc2OCc2ccc(CC(=O)CCc3cccnc3)cc2)c([2H])c1[2H]. The van der Waals surface area contributed by atoms with Crippen molar-refractivity contribution in [2.75, 3.05) is 0 Å². The van der Waals surface area contributed by atoms with Gasteiger partial charge in [0.25, 0.3) is 0 Å². The van der Waals surface area contributed by atoms with Crippen molar-refractivity contribution in [2.24, 2.45) is 0 Å². The summed E-state index contributed by atoms with van der Waals surface area (Å²) in [4.78, 5) is 16.4. The second-order valence-corrected chi connectivity index (χ2v) is 7.18. The van der Waals surface area contributed by atoms with Crippen LogP contribution in [0.3, 0.4) is 0 Å². The maximum Gasteiger partial charge on any atom is 0.137 e. The van der Waals surface area contributed by atoms with Crippen LogP contribution in [0.2, 0.25) is 0 Å². The van der Waals surface area contributed by atoms with E-state index < -0.39 is 6.04 Å². The number of para-hydroxylation sites is 1. The number of Topliss-reactive ketones (excluding diaryl/α,β-unsaturated/α-hetero) is 1. The third-order valence-electron chi connectivity index (χ3n) is 4.89. The number of hydrogen-bond donors (Lipinski definition) is 0. The van der Waals surface area contributed by atoms with Crippen LogP contribution in [0.25, 0.3) is 11.1 Å². The second kappa shape index (κ2) is 10.4. The number of pyridine rings is 1. The lowest BCUT2D eigenvalue weighted by atomic mass is 10.0. The minimum absolute atomic E-state index is 0.108. The molecule has 3 nitrogen and oxygen atoms in total. The molecule has 1 aromatic heterocycles.